The van der Waals surface area contributed by atoms with Gasteiger partial charge in [-0.05, 0) is 35.9 Å². The van der Waals surface area contributed by atoms with Gasteiger partial charge in [-0.25, -0.2) is 9.48 Å². The van der Waals surface area contributed by atoms with Gasteiger partial charge in [0.05, 0.1) is 0 Å². The molecule has 0 saturated carbocycles. The van der Waals surface area contributed by atoms with Gasteiger partial charge in [0.25, 0.3) is 0 Å². The Hall–Kier alpha value is -3.03. The summed E-state index contributed by atoms with van der Waals surface area (Å²) < 4.78 is 38.9. The fraction of sp³-hybridized carbons (Fsp3) is 0.0667. The van der Waals surface area contributed by atoms with Crippen molar-refractivity contribution < 1.29 is 23.1 Å². The second kappa shape index (κ2) is 5.31. The molecular formula is C15H10F3N3O2. The molecule has 0 atom stereocenters. The van der Waals surface area contributed by atoms with Crippen molar-refractivity contribution in [1.29, 1.82) is 0 Å². The number of benzene rings is 1. The van der Waals surface area contributed by atoms with Crippen LogP contribution in [0.2, 0.25) is 0 Å². The Bertz CT molecular complexity index is 906. The van der Waals surface area contributed by atoms with Crippen molar-refractivity contribution in [2.75, 3.05) is 0 Å². The minimum atomic E-state index is -4.49. The maximum absolute atomic E-state index is 12.6. The summed E-state index contributed by atoms with van der Waals surface area (Å²) in [4.78, 5) is 13.5. The quantitative estimate of drug-likeness (QED) is 0.726. The van der Waals surface area contributed by atoms with E-state index >= 15 is 0 Å². The van der Waals surface area contributed by atoms with Crippen LogP contribution in [-0.2, 0) is 11.0 Å². The molecule has 0 radical (unpaired) electrons. The van der Waals surface area contributed by atoms with Gasteiger partial charge in [0, 0.05) is 23.2 Å². The first kappa shape index (κ1) is 14.9. The molecule has 0 aliphatic rings. The highest BCUT2D eigenvalue weighted by Crippen LogP contribution is 2.28. The number of aromatic nitrogens is 3. The summed E-state index contributed by atoms with van der Waals surface area (Å²) in [6.45, 7) is 0. The summed E-state index contributed by atoms with van der Waals surface area (Å²) in [5.74, 6) is -0.675. The smallest absolute Gasteiger partial charge is 0.435 e. The van der Waals surface area contributed by atoms with Crippen molar-refractivity contribution in [1.82, 2.24) is 14.8 Å². The zero-order chi connectivity index (χ0) is 16.6. The van der Waals surface area contributed by atoms with Crippen LogP contribution in [-0.4, -0.2) is 25.8 Å². The molecule has 2 heterocycles. The molecule has 1 aromatic carbocycles. The van der Waals surface area contributed by atoms with E-state index in [-0.39, 0.29) is 0 Å². The van der Waals surface area contributed by atoms with Crippen LogP contribution in [0.1, 0.15) is 11.3 Å². The van der Waals surface area contributed by atoms with Crippen molar-refractivity contribution in [3.05, 3.63) is 53.9 Å². The van der Waals surface area contributed by atoms with Crippen LogP contribution in [0.4, 0.5) is 13.2 Å². The third kappa shape index (κ3) is 3.10. The molecule has 2 aromatic heterocycles. The molecule has 0 aliphatic carbocycles. The number of aromatic amines is 1. The molecule has 118 valence electrons. The number of nitrogens with one attached hydrogen (secondary N) is 1. The van der Waals surface area contributed by atoms with Gasteiger partial charge >= 0.3 is 12.1 Å². The van der Waals surface area contributed by atoms with Crippen LogP contribution in [0.15, 0.2) is 42.6 Å². The largest absolute Gasteiger partial charge is 0.478 e. The van der Waals surface area contributed by atoms with Crippen molar-refractivity contribution >= 4 is 22.9 Å². The van der Waals surface area contributed by atoms with Gasteiger partial charge in [0.15, 0.2) is 5.69 Å². The predicted molar refractivity (Wildman–Crippen MR) is 77.1 cm³/mol. The van der Waals surface area contributed by atoms with Gasteiger partial charge in [0.1, 0.15) is 5.82 Å². The van der Waals surface area contributed by atoms with E-state index in [4.69, 9.17) is 5.11 Å². The van der Waals surface area contributed by atoms with E-state index in [1.54, 1.807) is 24.3 Å². The van der Waals surface area contributed by atoms with Crippen LogP contribution >= 0.6 is 0 Å². The Labute approximate surface area is 127 Å². The number of fused-ring (bicyclic) bond motifs is 1. The number of alkyl halides is 3. The number of carboxylic acid groups (broad SMARTS) is 1. The lowest BCUT2D eigenvalue weighted by atomic mass is 10.1. The molecule has 3 rings (SSSR count). The van der Waals surface area contributed by atoms with E-state index < -0.39 is 17.8 Å². The first-order chi connectivity index (χ1) is 10.8. The Morgan fingerprint density at radius 1 is 1.26 bits per heavy atom. The summed E-state index contributed by atoms with van der Waals surface area (Å²) >= 11 is 0. The fourth-order valence-corrected chi connectivity index (χ4v) is 2.14. The number of H-pyrrole nitrogens is 1. The molecule has 0 saturated heterocycles. The van der Waals surface area contributed by atoms with Crippen LogP contribution in [0, 0.1) is 0 Å². The van der Waals surface area contributed by atoms with Crippen molar-refractivity contribution in [2.45, 2.75) is 6.18 Å². The lowest BCUT2D eigenvalue weighted by molar-refractivity contribution is -0.141. The molecule has 0 unspecified atom stereocenters. The minimum absolute atomic E-state index is 0.384. The summed E-state index contributed by atoms with van der Waals surface area (Å²) in [7, 11) is 0. The van der Waals surface area contributed by atoms with Crippen LogP contribution in [0.25, 0.3) is 22.8 Å². The first-order valence-corrected chi connectivity index (χ1v) is 6.50. The maximum Gasteiger partial charge on any atom is 0.435 e. The van der Waals surface area contributed by atoms with E-state index in [2.05, 4.69) is 10.1 Å². The molecular weight excluding hydrogens is 311 g/mol. The number of halogens is 3. The average molecular weight is 321 g/mol. The molecule has 23 heavy (non-hydrogen) atoms. The highest BCUT2D eigenvalue weighted by atomic mass is 19.4. The number of nitrogens with zero attached hydrogens (tertiary/aromatic N) is 2. The highest BCUT2D eigenvalue weighted by Gasteiger charge is 2.33. The highest BCUT2D eigenvalue weighted by molar-refractivity contribution is 5.88. The minimum Gasteiger partial charge on any atom is -0.478 e. The second-order valence-corrected chi connectivity index (χ2v) is 4.82. The van der Waals surface area contributed by atoms with E-state index in [1.807, 2.05) is 0 Å². The Morgan fingerprint density at radius 2 is 2.04 bits per heavy atom. The lowest BCUT2D eigenvalue weighted by Crippen LogP contribution is -2.07. The molecule has 5 nitrogen and oxygen atoms in total. The topological polar surface area (TPSA) is 70.9 Å². The Kier molecular flexibility index (Phi) is 3.44. The normalized spacial score (nSPS) is 12.3. The van der Waals surface area contributed by atoms with Crippen molar-refractivity contribution in [3.63, 3.8) is 0 Å². The summed E-state index contributed by atoms with van der Waals surface area (Å²) in [6.07, 6.45) is -0.827. The van der Waals surface area contributed by atoms with Gasteiger partial charge in [-0.3, -0.25) is 0 Å². The summed E-state index contributed by atoms with van der Waals surface area (Å²) in [5.41, 5.74) is 0.402. The van der Waals surface area contributed by atoms with Crippen LogP contribution in [0.3, 0.4) is 0 Å². The zero-order valence-corrected chi connectivity index (χ0v) is 11.5. The molecule has 3 aromatic rings. The second-order valence-electron chi connectivity index (χ2n) is 4.82. The van der Waals surface area contributed by atoms with Gasteiger partial charge in [-0.15, -0.1) is 0 Å². The number of carboxylic acids is 1. The third-order valence-corrected chi connectivity index (χ3v) is 3.18. The SMILES string of the molecule is O=C(O)/C=C/c1ccc2[nH]c(-n3ccc(C(F)(F)F)n3)cc2c1. The third-order valence-electron chi connectivity index (χ3n) is 3.18. The van der Waals surface area contributed by atoms with E-state index in [0.29, 0.717) is 16.9 Å². The molecule has 0 bridgehead atoms. The van der Waals surface area contributed by atoms with Crippen molar-refractivity contribution in [2.24, 2.45) is 0 Å². The van der Waals surface area contributed by atoms with Gasteiger partial charge in [0.2, 0.25) is 0 Å². The maximum atomic E-state index is 12.6. The summed E-state index contributed by atoms with van der Waals surface area (Å²) in [5, 5.41) is 12.8. The van der Waals surface area contributed by atoms with Crippen LogP contribution < -0.4 is 0 Å². The molecule has 8 heteroatoms. The molecule has 0 aliphatic heterocycles. The average Bonchev–Trinajstić information content (AvgIpc) is 3.10. The Balaban J connectivity index is 1.97. The Morgan fingerprint density at radius 3 is 2.70 bits per heavy atom. The molecule has 0 fully saturated rings. The number of carbonyl (C=O) groups is 1. The standard InChI is InChI=1S/C15H10F3N3O2/c16-15(17,18)12-5-6-21(20-12)13-8-10-7-9(2-4-14(22)23)1-3-11(10)19-13/h1-8,19H,(H,22,23)/b4-2+. The van der Waals surface area contributed by atoms with Gasteiger partial charge < -0.3 is 10.1 Å². The van der Waals surface area contributed by atoms with E-state index in [1.165, 1.54) is 12.3 Å². The number of hydrogen-bond acceptors (Lipinski definition) is 2. The number of hydrogen-bond donors (Lipinski definition) is 2. The fourth-order valence-electron chi connectivity index (χ4n) is 2.14. The predicted octanol–water partition coefficient (Wildman–Crippen LogP) is 3.47. The van der Waals surface area contributed by atoms with E-state index in [0.717, 1.165) is 22.2 Å². The number of aliphatic carboxylic acids is 1. The molecule has 0 spiro atoms. The van der Waals surface area contributed by atoms with Gasteiger partial charge in [-0.2, -0.15) is 18.3 Å². The van der Waals surface area contributed by atoms with Crippen molar-refractivity contribution in [3.8, 4) is 5.82 Å². The monoisotopic (exact) mass is 321 g/mol. The number of rotatable bonds is 3. The summed E-state index contributed by atoms with van der Waals surface area (Å²) in [6, 6.07) is 7.68. The molecule has 2 N–H and O–H groups in total. The van der Waals surface area contributed by atoms with E-state index in [9.17, 15) is 18.0 Å². The van der Waals surface area contributed by atoms with Gasteiger partial charge in [-0.1, -0.05) is 6.07 Å². The zero-order valence-electron chi connectivity index (χ0n) is 11.5. The first-order valence-electron chi connectivity index (χ1n) is 6.50. The molecule has 0 amide bonds. The van der Waals surface area contributed by atoms with Crippen LogP contribution in [0.5, 0.6) is 0 Å². The lowest BCUT2D eigenvalue weighted by Gasteiger charge is -2.00.